The van der Waals surface area contributed by atoms with Crippen LogP contribution in [0.2, 0.25) is 0 Å². The molecule has 0 saturated carbocycles. The molecule has 0 radical (unpaired) electrons. The number of aryl methyl sites for hydroxylation is 2. The van der Waals surface area contributed by atoms with Crippen molar-refractivity contribution >= 4 is 27.4 Å². The molecular weight excluding hydrogens is 316 g/mol. The van der Waals surface area contributed by atoms with E-state index in [9.17, 15) is 0 Å². The Morgan fingerprint density at radius 2 is 1.88 bits per heavy atom. The summed E-state index contributed by atoms with van der Waals surface area (Å²) in [7, 11) is 0. The molecule has 0 unspecified atom stereocenters. The summed E-state index contributed by atoms with van der Waals surface area (Å²) in [6.07, 6.45) is 7.41. The number of hydrogen-bond acceptors (Lipinski definition) is 5. The molecule has 24 heavy (non-hydrogen) atoms. The molecule has 2 aromatic heterocycles. The number of fused-ring (bicyclic) bond motifs is 3. The fourth-order valence-electron chi connectivity index (χ4n) is 3.92. The molecule has 2 aromatic rings. The van der Waals surface area contributed by atoms with Gasteiger partial charge >= 0.3 is 0 Å². The van der Waals surface area contributed by atoms with Crippen molar-refractivity contribution in [3.8, 4) is 0 Å². The first-order valence-corrected chi connectivity index (χ1v) is 10.3. The van der Waals surface area contributed by atoms with E-state index in [4.69, 9.17) is 9.97 Å². The first-order chi connectivity index (χ1) is 11.7. The largest absolute Gasteiger partial charge is 0.353 e. The highest BCUT2D eigenvalue weighted by Crippen LogP contribution is 2.39. The molecule has 1 aliphatic carbocycles. The summed E-state index contributed by atoms with van der Waals surface area (Å²) in [5, 5.41) is 4.84. The predicted molar refractivity (Wildman–Crippen MR) is 102 cm³/mol. The van der Waals surface area contributed by atoms with Crippen LogP contribution >= 0.6 is 11.3 Å². The van der Waals surface area contributed by atoms with Crippen LogP contribution in [0.1, 0.15) is 49.4 Å². The van der Waals surface area contributed by atoms with Crippen molar-refractivity contribution in [3.63, 3.8) is 0 Å². The molecule has 1 N–H and O–H groups in total. The molecule has 0 amide bonds. The van der Waals surface area contributed by atoms with Crippen molar-refractivity contribution in [1.82, 2.24) is 15.3 Å². The fourth-order valence-corrected chi connectivity index (χ4v) is 5.19. The number of anilines is 1. The van der Waals surface area contributed by atoms with Crippen LogP contribution in [0.4, 0.5) is 5.82 Å². The minimum Gasteiger partial charge on any atom is -0.353 e. The second kappa shape index (κ2) is 6.96. The average Bonchev–Trinajstić information content (AvgIpc) is 2.75. The lowest BCUT2D eigenvalue weighted by atomic mass is 10.1. The number of rotatable bonds is 3. The lowest BCUT2D eigenvalue weighted by Crippen LogP contribution is -2.44. The number of aromatic nitrogens is 2. The predicted octanol–water partition coefficient (Wildman–Crippen LogP) is 3.57. The molecular formula is C19H28N4S. The molecule has 2 aliphatic rings. The Balaban J connectivity index is 1.85. The van der Waals surface area contributed by atoms with Crippen LogP contribution in [0.25, 0.3) is 10.2 Å². The Hall–Kier alpha value is -1.20. The maximum atomic E-state index is 5.07. The maximum absolute atomic E-state index is 5.07. The molecule has 4 rings (SSSR count). The Bertz CT molecular complexity index is 716. The number of nitrogens with zero attached hydrogens (tertiary/aromatic N) is 3. The normalized spacial score (nSPS) is 18.9. The summed E-state index contributed by atoms with van der Waals surface area (Å²) >= 11 is 1.94. The van der Waals surface area contributed by atoms with Gasteiger partial charge in [-0.25, -0.2) is 9.97 Å². The van der Waals surface area contributed by atoms with Crippen LogP contribution < -0.4 is 10.2 Å². The fraction of sp³-hybridized carbons (Fsp3) is 0.684. The third kappa shape index (κ3) is 3.16. The van der Waals surface area contributed by atoms with Crippen LogP contribution in [0.3, 0.4) is 0 Å². The third-order valence-electron chi connectivity index (χ3n) is 5.10. The Kier molecular flexibility index (Phi) is 4.72. The van der Waals surface area contributed by atoms with E-state index in [0.29, 0.717) is 5.92 Å². The van der Waals surface area contributed by atoms with E-state index in [2.05, 4.69) is 24.1 Å². The third-order valence-corrected chi connectivity index (χ3v) is 6.28. The molecule has 0 spiro atoms. The molecule has 1 saturated heterocycles. The van der Waals surface area contributed by atoms with Gasteiger partial charge in [0, 0.05) is 37.5 Å². The molecule has 3 heterocycles. The van der Waals surface area contributed by atoms with Crippen molar-refractivity contribution in [2.24, 2.45) is 5.92 Å². The number of piperazine rings is 1. The monoisotopic (exact) mass is 344 g/mol. The van der Waals surface area contributed by atoms with Crippen LogP contribution in [0.5, 0.6) is 0 Å². The Morgan fingerprint density at radius 1 is 1.08 bits per heavy atom. The summed E-state index contributed by atoms with van der Waals surface area (Å²) in [6.45, 7) is 8.72. The zero-order valence-electron chi connectivity index (χ0n) is 14.9. The van der Waals surface area contributed by atoms with Crippen LogP contribution in [0, 0.1) is 5.92 Å². The summed E-state index contributed by atoms with van der Waals surface area (Å²) in [6, 6.07) is 0. The molecule has 5 heteroatoms. The first-order valence-electron chi connectivity index (χ1n) is 9.49. The number of thiophene rings is 1. The highest BCUT2D eigenvalue weighted by molar-refractivity contribution is 7.19. The zero-order chi connectivity index (χ0) is 16.5. The molecule has 1 aliphatic heterocycles. The van der Waals surface area contributed by atoms with Gasteiger partial charge < -0.3 is 10.2 Å². The van der Waals surface area contributed by atoms with E-state index < -0.39 is 0 Å². The van der Waals surface area contributed by atoms with Gasteiger partial charge in [-0.1, -0.05) is 20.3 Å². The van der Waals surface area contributed by atoms with E-state index in [1.165, 1.54) is 48.1 Å². The number of nitrogens with one attached hydrogen (secondary N) is 1. The van der Waals surface area contributed by atoms with Crippen molar-refractivity contribution in [2.45, 2.75) is 52.4 Å². The topological polar surface area (TPSA) is 41.1 Å². The lowest BCUT2D eigenvalue weighted by molar-refractivity contribution is 0.581. The smallest absolute Gasteiger partial charge is 0.141 e. The van der Waals surface area contributed by atoms with E-state index in [1.807, 2.05) is 11.3 Å². The van der Waals surface area contributed by atoms with Crippen molar-refractivity contribution in [2.75, 3.05) is 31.1 Å². The summed E-state index contributed by atoms with van der Waals surface area (Å²) < 4.78 is 0. The summed E-state index contributed by atoms with van der Waals surface area (Å²) in [5.74, 6) is 2.84. The highest BCUT2D eigenvalue weighted by Gasteiger charge is 2.24. The molecule has 4 nitrogen and oxygen atoms in total. The summed E-state index contributed by atoms with van der Waals surface area (Å²) in [4.78, 5) is 15.3. The van der Waals surface area contributed by atoms with E-state index in [-0.39, 0.29) is 0 Å². The SMILES string of the molecule is CC(C)Cc1nc(N2CCNCC2)c2c3c(sc2n1)CCCCC3. The molecule has 0 atom stereocenters. The molecule has 130 valence electrons. The van der Waals surface area contributed by atoms with Gasteiger partial charge in [-0.3, -0.25) is 0 Å². The van der Waals surface area contributed by atoms with Crippen molar-refractivity contribution < 1.29 is 0 Å². The van der Waals surface area contributed by atoms with Gasteiger partial charge in [-0.2, -0.15) is 0 Å². The van der Waals surface area contributed by atoms with Crippen LogP contribution in [-0.2, 0) is 19.3 Å². The van der Waals surface area contributed by atoms with Crippen molar-refractivity contribution in [3.05, 3.63) is 16.3 Å². The van der Waals surface area contributed by atoms with Gasteiger partial charge in [0.05, 0.1) is 5.39 Å². The molecule has 0 bridgehead atoms. The zero-order valence-corrected chi connectivity index (χ0v) is 15.7. The molecule has 1 fully saturated rings. The second-order valence-electron chi connectivity index (χ2n) is 7.54. The maximum Gasteiger partial charge on any atom is 0.141 e. The van der Waals surface area contributed by atoms with Gasteiger partial charge in [0.15, 0.2) is 0 Å². The minimum absolute atomic E-state index is 0.594. The highest BCUT2D eigenvalue weighted by atomic mass is 32.1. The van der Waals surface area contributed by atoms with Gasteiger partial charge in [-0.15, -0.1) is 11.3 Å². The first kappa shape index (κ1) is 16.3. The van der Waals surface area contributed by atoms with Crippen molar-refractivity contribution in [1.29, 1.82) is 0 Å². The van der Waals surface area contributed by atoms with Crippen LogP contribution in [-0.4, -0.2) is 36.1 Å². The Labute approximate surface area is 148 Å². The number of hydrogen-bond donors (Lipinski definition) is 1. The van der Waals surface area contributed by atoms with E-state index in [1.54, 1.807) is 10.4 Å². The van der Waals surface area contributed by atoms with Crippen LogP contribution in [0.15, 0.2) is 0 Å². The molecule has 0 aromatic carbocycles. The Morgan fingerprint density at radius 3 is 2.67 bits per heavy atom. The average molecular weight is 345 g/mol. The quantitative estimate of drug-likeness (QED) is 0.864. The van der Waals surface area contributed by atoms with Gasteiger partial charge in [-0.05, 0) is 37.2 Å². The second-order valence-corrected chi connectivity index (χ2v) is 8.63. The standard InChI is InChI=1S/C19H28N4S/c1-13(2)12-16-21-18(23-10-8-20-9-11-23)17-14-6-4-3-5-7-15(14)24-19(17)22-16/h13,20H,3-12H2,1-2H3. The van der Waals surface area contributed by atoms with Gasteiger partial charge in [0.25, 0.3) is 0 Å². The van der Waals surface area contributed by atoms with Gasteiger partial charge in [0.1, 0.15) is 16.5 Å². The van der Waals surface area contributed by atoms with E-state index in [0.717, 1.165) is 38.4 Å². The van der Waals surface area contributed by atoms with E-state index >= 15 is 0 Å². The summed E-state index contributed by atoms with van der Waals surface area (Å²) in [5.41, 5.74) is 1.57. The minimum atomic E-state index is 0.594. The lowest BCUT2D eigenvalue weighted by Gasteiger charge is -2.29. The van der Waals surface area contributed by atoms with Gasteiger partial charge in [0.2, 0.25) is 0 Å².